The predicted molar refractivity (Wildman–Crippen MR) is 118 cm³/mol. The average molecular weight is 413 g/mol. The lowest BCUT2D eigenvalue weighted by atomic mass is 10.1. The van der Waals surface area contributed by atoms with Crippen molar-refractivity contribution in [1.82, 2.24) is 9.88 Å². The number of hydrogen-bond donors (Lipinski definition) is 2. The molecule has 1 heterocycles. The maximum atomic E-state index is 12.9. The van der Waals surface area contributed by atoms with E-state index in [9.17, 15) is 4.79 Å². The summed E-state index contributed by atoms with van der Waals surface area (Å²) in [6.07, 6.45) is 0. The minimum absolute atomic E-state index is 0.0689. The molecule has 29 heavy (non-hydrogen) atoms. The Labute approximate surface area is 176 Å². The van der Waals surface area contributed by atoms with Crippen molar-refractivity contribution >= 4 is 17.5 Å². The number of quaternary nitrogens is 1. The molecular formula is C23H27ClN3O2+. The lowest BCUT2D eigenvalue weighted by molar-refractivity contribution is -0.856. The molecule has 2 aromatic carbocycles. The van der Waals surface area contributed by atoms with Crippen molar-refractivity contribution in [2.45, 2.75) is 6.92 Å². The van der Waals surface area contributed by atoms with Crippen molar-refractivity contribution in [2.24, 2.45) is 0 Å². The first-order chi connectivity index (χ1) is 13.9. The van der Waals surface area contributed by atoms with Crippen LogP contribution in [-0.2, 0) is 0 Å². The van der Waals surface area contributed by atoms with Crippen molar-refractivity contribution in [3.05, 3.63) is 70.9 Å². The minimum atomic E-state index is -0.0689. The lowest BCUT2D eigenvalue weighted by Gasteiger charge is -2.14. The van der Waals surface area contributed by atoms with E-state index in [4.69, 9.17) is 16.3 Å². The van der Waals surface area contributed by atoms with E-state index < -0.39 is 0 Å². The van der Waals surface area contributed by atoms with Crippen LogP contribution in [0.2, 0.25) is 5.02 Å². The van der Waals surface area contributed by atoms with Crippen LogP contribution < -0.4 is 15.0 Å². The van der Waals surface area contributed by atoms with Gasteiger partial charge in [0, 0.05) is 22.5 Å². The second kappa shape index (κ2) is 9.16. The molecule has 1 aromatic heterocycles. The second-order valence-electron chi connectivity index (χ2n) is 7.29. The van der Waals surface area contributed by atoms with E-state index >= 15 is 0 Å². The Hall–Kier alpha value is -2.76. The van der Waals surface area contributed by atoms with E-state index in [0.29, 0.717) is 17.1 Å². The van der Waals surface area contributed by atoms with Crippen LogP contribution in [0, 0.1) is 6.92 Å². The highest BCUT2D eigenvalue weighted by molar-refractivity contribution is 6.30. The van der Waals surface area contributed by atoms with Crippen molar-refractivity contribution in [3.8, 4) is 22.7 Å². The zero-order valence-electron chi connectivity index (χ0n) is 17.3. The lowest BCUT2D eigenvalue weighted by Crippen LogP contribution is -3.06. The number of amides is 1. The van der Waals surface area contributed by atoms with E-state index in [2.05, 4.69) is 24.0 Å². The van der Waals surface area contributed by atoms with E-state index in [1.807, 2.05) is 61.5 Å². The highest BCUT2D eigenvalue weighted by Crippen LogP contribution is 2.31. The van der Waals surface area contributed by atoms with Gasteiger partial charge in [0.15, 0.2) is 0 Å². The SMILES string of the molecule is COc1cccc(-n2c(-c3ccc(Cl)cc3)cc(C(=O)NCC[NH+](C)C)c2C)c1. The van der Waals surface area contributed by atoms with Crippen molar-refractivity contribution in [2.75, 3.05) is 34.3 Å². The Morgan fingerprint density at radius 3 is 2.52 bits per heavy atom. The molecule has 6 heteroatoms. The van der Waals surface area contributed by atoms with Gasteiger partial charge in [-0.15, -0.1) is 0 Å². The molecule has 0 aliphatic heterocycles. The summed E-state index contributed by atoms with van der Waals surface area (Å²) < 4.78 is 7.48. The maximum absolute atomic E-state index is 12.9. The minimum Gasteiger partial charge on any atom is -0.497 e. The van der Waals surface area contributed by atoms with Crippen LogP contribution in [0.1, 0.15) is 16.1 Å². The molecule has 0 spiro atoms. The van der Waals surface area contributed by atoms with Gasteiger partial charge in [-0.3, -0.25) is 4.79 Å². The Kier molecular flexibility index (Phi) is 6.62. The number of hydrogen-bond acceptors (Lipinski definition) is 2. The third-order valence-corrected chi connectivity index (χ3v) is 5.11. The molecule has 0 unspecified atom stereocenters. The van der Waals surface area contributed by atoms with Crippen molar-refractivity contribution in [1.29, 1.82) is 0 Å². The molecule has 5 nitrogen and oxygen atoms in total. The van der Waals surface area contributed by atoms with E-state index in [1.165, 1.54) is 4.90 Å². The quantitative estimate of drug-likeness (QED) is 0.626. The molecule has 0 saturated heterocycles. The standard InChI is InChI=1S/C23H26ClN3O2/c1-16-21(23(28)25-12-13-26(2)3)15-22(17-8-10-18(24)11-9-17)27(16)19-6-5-7-20(14-19)29-4/h5-11,14-15H,12-13H2,1-4H3,(H,25,28)/p+1. The third kappa shape index (κ3) is 4.81. The topological polar surface area (TPSA) is 47.7 Å². The first kappa shape index (κ1) is 21.0. The van der Waals surface area contributed by atoms with E-state index in [1.54, 1.807) is 7.11 Å². The largest absolute Gasteiger partial charge is 0.497 e. The van der Waals surface area contributed by atoms with Gasteiger partial charge in [0.1, 0.15) is 5.75 Å². The van der Waals surface area contributed by atoms with Crippen molar-refractivity contribution in [3.63, 3.8) is 0 Å². The highest BCUT2D eigenvalue weighted by atomic mass is 35.5. The summed E-state index contributed by atoms with van der Waals surface area (Å²) in [5.74, 6) is 0.693. The normalized spacial score (nSPS) is 11.0. The number of aromatic nitrogens is 1. The smallest absolute Gasteiger partial charge is 0.253 e. The first-order valence-electron chi connectivity index (χ1n) is 9.60. The molecule has 152 valence electrons. The molecule has 0 saturated carbocycles. The molecule has 2 N–H and O–H groups in total. The van der Waals surface area contributed by atoms with Gasteiger partial charge in [-0.05, 0) is 42.8 Å². The van der Waals surface area contributed by atoms with Gasteiger partial charge in [0.2, 0.25) is 0 Å². The monoisotopic (exact) mass is 412 g/mol. The van der Waals surface area contributed by atoms with E-state index in [-0.39, 0.29) is 5.91 Å². The number of carbonyl (C=O) groups excluding carboxylic acids is 1. The summed E-state index contributed by atoms with van der Waals surface area (Å²) in [6.45, 7) is 3.46. The first-order valence-corrected chi connectivity index (χ1v) is 9.98. The molecular weight excluding hydrogens is 386 g/mol. The van der Waals surface area contributed by atoms with Gasteiger partial charge in [-0.1, -0.05) is 29.8 Å². The summed E-state index contributed by atoms with van der Waals surface area (Å²) in [4.78, 5) is 14.2. The van der Waals surface area contributed by atoms with Crippen LogP contribution in [0.15, 0.2) is 54.6 Å². The second-order valence-corrected chi connectivity index (χ2v) is 7.72. The summed E-state index contributed by atoms with van der Waals surface area (Å²) in [5.41, 5.74) is 4.38. The Balaban J connectivity index is 2.08. The Bertz CT molecular complexity index is 994. The van der Waals surface area contributed by atoms with Crippen LogP contribution >= 0.6 is 11.6 Å². The number of nitrogens with one attached hydrogen (secondary N) is 2. The number of likely N-dealkylation sites (N-methyl/N-ethyl adjacent to an activating group) is 1. The molecule has 0 aliphatic carbocycles. The molecule has 0 aliphatic rings. The van der Waals surface area contributed by atoms with Crippen LogP contribution in [0.25, 0.3) is 16.9 Å². The van der Waals surface area contributed by atoms with E-state index in [0.717, 1.165) is 34.9 Å². The van der Waals surface area contributed by atoms with Gasteiger partial charge in [-0.2, -0.15) is 0 Å². The number of halogens is 1. The summed E-state index contributed by atoms with van der Waals surface area (Å²) >= 11 is 6.08. The summed E-state index contributed by atoms with van der Waals surface area (Å²) in [6, 6.07) is 17.4. The number of rotatable bonds is 7. The van der Waals surface area contributed by atoms with Gasteiger partial charge in [-0.25, -0.2) is 0 Å². The zero-order valence-corrected chi connectivity index (χ0v) is 18.0. The van der Waals surface area contributed by atoms with Crippen LogP contribution in [0.4, 0.5) is 0 Å². The predicted octanol–water partition coefficient (Wildman–Crippen LogP) is 2.99. The average Bonchev–Trinajstić information content (AvgIpc) is 3.05. The third-order valence-electron chi connectivity index (χ3n) is 4.85. The number of nitrogens with zero attached hydrogens (tertiary/aromatic N) is 1. The molecule has 3 rings (SSSR count). The molecule has 0 radical (unpaired) electrons. The number of methoxy groups -OCH3 is 1. The number of ether oxygens (including phenoxy) is 1. The van der Waals surface area contributed by atoms with Crippen LogP contribution in [-0.4, -0.2) is 44.8 Å². The Morgan fingerprint density at radius 1 is 1.14 bits per heavy atom. The highest BCUT2D eigenvalue weighted by Gasteiger charge is 2.20. The van der Waals surface area contributed by atoms with Gasteiger partial charge >= 0.3 is 0 Å². The van der Waals surface area contributed by atoms with Gasteiger partial charge in [0.05, 0.1) is 45.6 Å². The van der Waals surface area contributed by atoms with Crippen LogP contribution in [0.5, 0.6) is 5.75 Å². The molecule has 3 aromatic rings. The molecule has 0 bridgehead atoms. The van der Waals surface area contributed by atoms with Crippen molar-refractivity contribution < 1.29 is 14.4 Å². The molecule has 0 atom stereocenters. The van der Waals surface area contributed by atoms with Gasteiger partial charge in [0.25, 0.3) is 5.91 Å². The van der Waals surface area contributed by atoms with Crippen LogP contribution in [0.3, 0.4) is 0 Å². The molecule has 0 fully saturated rings. The summed E-state index contributed by atoms with van der Waals surface area (Å²) in [7, 11) is 5.78. The Morgan fingerprint density at radius 2 is 1.86 bits per heavy atom. The maximum Gasteiger partial charge on any atom is 0.253 e. The summed E-state index contributed by atoms with van der Waals surface area (Å²) in [5, 5.41) is 3.70. The fraction of sp³-hybridized carbons (Fsp3) is 0.261. The number of benzene rings is 2. The zero-order chi connectivity index (χ0) is 21.0. The fourth-order valence-electron chi connectivity index (χ4n) is 3.27. The number of carbonyl (C=O) groups is 1. The van der Waals surface area contributed by atoms with Gasteiger partial charge < -0.3 is 19.5 Å². The fourth-order valence-corrected chi connectivity index (χ4v) is 3.40. The molecule has 1 amide bonds.